The van der Waals surface area contributed by atoms with Gasteiger partial charge in [0.1, 0.15) is 0 Å². The number of nitrogens with zero attached hydrogens (tertiary/aromatic N) is 2. The number of hydrogen-bond acceptors (Lipinski definition) is 2. The number of nitrogens with two attached hydrogens (primary N) is 1. The van der Waals surface area contributed by atoms with Crippen LogP contribution in [0, 0.1) is 5.92 Å². The van der Waals surface area contributed by atoms with Crippen LogP contribution in [0.1, 0.15) is 23.2 Å². The molecule has 1 aliphatic rings. The van der Waals surface area contributed by atoms with Gasteiger partial charge in [0.2, 0.25) is 0 Å². The van der Waals surface area contributed by atoms with E-state index < -0.39 is 0 Å². The van der Waals surface area contributed by atoms with E-state index in [0.717, 1.165) is 25.0 Å². The Morgan fingerprint density at radius 1 is 1.32 bits per heavy atom. The molecule has 1 aromatic heterocycles. The van der Waals surface area contributed by atoms with Crippen LogP contribution in [-0.4, -0.2) is 15.8 Å². The molecule has 19 heavy (non-hydrogen) atoms. The fourth-order valence-electron chi connectivity index (χ4n) is 3.07. The average molecular weight is 255 g/mol. The second-order valence-corrected chi connectivity index (χ2v) is 5.62. The van der Waals surface area contributed by atoms with E-state index in [2.05, 4.69) is 35.4 Å². The Morgan fingerprint density at radius 3 is 2.84 bits per heavy atom. The largest absolute Gasteiger partial charge is 0.327 e. The zero-order valence-corrected chi connectivity index (χ0v) is 11.4. The van der Waals surface area contributed by atoms with Crippen LogP contribution < -0.4 is 5.73 Å². The van der Waals surface area contributed by atoms with Crippen molar-refractivity contribution in [2.45, 2.75) is 31.7 Å². The Bertz CT molecular complexity index is 559. The Hall–Kier alpha value is -1.61. The first-order valence-corrected chi connectivity index (χ1v) is 7.03. The van der Waals surface area contributed by atoms with Crippen LogP contribution in [0.4, 0.5) is 0 Å². The molecule has 0 aliphatic heterocycles. The Balaban J connectivity index is 1.67. The topological polar surface area (TPSA) is 43.8 Å². The van der Waals surface area contributed by atoms with E-state index in [9.17, 15) is 0 Å². The molecule has 2 N–H and O–H groups in total. The van der Waals surface area contributed by atoms with Gasteiger partial charge in [-0.3, -0.25) is 4.68 Å². The Morgan fingerprint density at radius 2 is 2.11 bits per heavy atom. The monoisotopic (exact) mass is 255 g/mol. The maximum Gasteiger partial charge on any atom is 0.0640 e. The summed E-state index contributed by atoms with van der Waals surface area (Å²) in [5, 5.41) is 4.43. The summed E-state index contributed by atoms with van der Waals surface area (Å²) in [5.41, 5.74) is 10.5. The molecular formula is C16H21N3. The second-order valence-electron chi connectivity index (χ2n) is 5.62. The Kier molecular flexibility index (Phi) is 3.38. The molecule has 0 fully saturated rings. The van der Waals surface area contributed by atoms with E-state index in [4.69, 9.17) is 5.73 Å². The van der Waals surface area contributed by atoms with Gasteiger partial charge < -0.3 is 5.73 Å². The molecule has 1 aromatic carbocycles. The number of aromatic nitrogens is 2. The van der Waals surface area contributed by atoms with Crippen molar-refractivity contribution >= 4 is 0 Å². The van der Waals surface area contributed by atoms with Gasteiger partial charge in [-0.15, -0.1) is 0 Å². The van der Waals surface area contributed by atoms with E-state index in [0.29, 0.717) is 5.92 Å². The highest BCUT2D eigenvalue weighted by Gasteiger charge is 2.24. The molecule has 0 spiro atoms. The third-order valence-electron chi connectivity index (χ3n) is 4.20. The lowest BCUT2D eigenvalue weighted by Crippen LogP contribution is -2.36. The molecule has 0 radical (unpaired) electrons. The first-order chi connectivity index (χ1) is 9.22. The minimum Gasteiger partial charge on any atom is -0.327 e. The summed E-state index contributed by atoms with van der Waals surface area (Å²) >= 11 is 0. The number of rotatable bonds is 3. The quantitative estimate of drug-likeness (QED) is 0.912. The molecule has 100 valence electrons. The van der Waals surface area contributed by atoms with E-state index in [-0.39, 0.29) is 6.04 Å². The van der Waals surface area contributed by atoms with Gasteiger partial charge in [-0.25, -0.2) is 0 Å². The molecule has 0 amide bonds. The maximum absolute atomic E-state index is 6.40. The zero-order valence-electron chi connectivity index (χ0n) is 11.4. The SMILES string of the molecule is Cn1ccc(CC(N)C2CCc3ccccc3C2)n1. The Labute approximate surface area is 114 Å². The molecule has 2 unspecified atom stereocenters. The van der Waals surface area contributed by atoms with Crippen molar-refractivity contribution in [3.8, 4) is 0 Å². The summed E-state index contributed by atoms with van der Waals surface area (Å²) in [6.07, 6.45) is 6.35. The fourth-order valence-corrected chi connectivity index (χ4v) is 3.07. The molecule has 2 aromatic rings. The predicted molar refractivity (Wildman–Crippen MR) is 76.8 cm³/mol. The molecule has 0 bridgehead atoms. The molecule has 3 nitrogen and oxygen atoms in total. The van der Waals surface area contributed by atoms with E-state index >= 15 is 0 Å². The lowest BCUT2D eigenvalue weighted by atomic mass is 9.79. The third-order valence-corrected chi connectivity index (χ3v) is 4.20. The normalized spacial score (nSPS) is 20.0. The lowest BCUT2D eigenvalue weighted by Gasteiger charge is -2.29. The smallest absolute Gasteiger partial charge is 0.0640 e. The van der Waals surface area contributed by atoms with Gasteiger partial charge >= 0.3 is 0 Å². The summed E-state index contributed by atoms with van der Waals surface area (Å²) in [6.45, 7) is 0. The van der Waals surface area contributed by atoms with Gasteiger partial charge in [-0.05, 0) is 42.4 Å². The summed E-state index contributed by atoms with van der Waals surface area (Å²) in [4.78, 5) is 0. The summed E-state index contributed by atoms with van der Waals surface area (Å²) in [5.74, 6) is 0.580. The average Bonchev–Trinajstić information content (AvgIpc) is 2.83. The molecule has 1 heterocycles. The number of hydrogen-bond donors (Lipinski definition) is 1. The minimum atomic E-state index is 0.211. The fraction of sp³-hybridized carbons (Fsp3) is 0.438. The first-order valence-electron chi connectivity index (χ1n) is 7.03. The van der Waals surface area contributed by atoms with Gasteiger partial charge in [0.15, 0.2) is 0 Å². The van der Waals surface area contributed by atoms with E-state index in [1.54, 1.807) is 0 Å². The van der Waals surface area contributed by atoms with Crippen LogP contribution in [0.3, 0.4) is 0 Å². The molecular weight excluding hydrogens is 234 g/mol. The van der Waals surface area contributed by atoms with Crippen LogP contribution in [0.25, 0.3) is 0 Å². The lowest BCUT2D eigenvalue weighted by molar-refractivity contribution is 0.370. The van der Waals surface area contributed by atoms with Crippen molar-refractivity contribution in [2.75, 3.05) is 0 Å². The highest BCUT2D eigenvalue weighted by Crippen LogP contribution is 2.27. The van der Waals surface area contributed by atoms with Crippen molar-refractivity contribution in [3.63, 3.8) is 0 Å². The molecule has 2 atom stereocenters. The van der Waals surface area contributed by atoms with Gasteiger partial charge in [0.05, 0.1) is 5.69 Å². The van der Waals surface area contributed by atoms with Crippen molar-refractivity contribution in [3.05, 3.63) is 53.3 Å². The van der Waals surface area contributed by atoms with Crippen molar-refractivity contribution in [2.24, 2.45) is 18.7 Å². The van der Waals surface area contributed by atoms with E-state index in [1.165, 1.54) is 17.5 Å². The zero-order chi connectivity index (χ0) is 13.2. The van der Waals surface area contributed by atoms with Crippen molar-refractivity contribution in [1.29, 1.82) is 0 Å². The molecule has 3 rings (SSSR count). The third kappa shape index (κ3) is 2.71. The van der Waals surface area contributed by atoms with Gasteiger partial charge in [-0.1, -0.05) is 24.3 Å². The van der Waals surface area contributed by atoms with E-state index in [1.807, 2.05) is 17.9 Å². The predicted octanol–water partition coefficient (Wildman–Crippen LogP) is 2.09. The summed E-state index contributed by atoms with van der Waals surface area (Å²) in [6, 6.07) is 11.0. The van der Waals surface area contributed by atoms with Crippen LogP contribution in [0.5, 0.6) is 0 Å². The van der Waals surface area contributed by atoms with Crippen molar-refractivity contribution < 1.29 is 0 Å². The van der Waals surface area contributed by atoms with Gasteiger partial charge in [0, 0.05) is 25.7 Å². The van der Waals surface area contributed by atoms with Crippen LogP contribution in [-0.2, 0) is 26.3 Å². The van der Waals surface area contributed by atoms with Crippen LogP contribution in [0.2, 0.25) is 0 Å². The molecule has 3 heteroatoms. The first kappa shape index (κ1) is 12.4. The minimum absolute atomic E-state index is 0.211. The van der Waals surface area contributed by atoms with Gasteiger partial charge in [0.25, 0.3) is 0 Å². The maximum atomic E-state index is 6.40. The highest BCUT2D eigenvalue weighted by molar-refractivity contribution is 5.30. The second kappa shape index (κ2) is 5.17. The van der Waals surface area contributed by atoms with Gasteiger partial charge in [-0.2, -0.15) is 5.10 Å². The number of aryl methyl sites for hydroxylation is 2. The summed E-state index contributed by atoms with van der Waals surface area (Å²) in [7, 11) is 1.95. The number of fused-ring (bicyclic) bond motifs is 1. The standard InChI is InChI=1S/C16H21N3/c1-19-9-8-15(18-19)11-16(17)14-7-6-12-4-2-3-5-13(12)10-14/h2-5,8-9,14,16H,6-7,10-11,17H2,1H3. The number of benzene rings is 1. The molecule has 1 aliphatic carbocycles. The van der Waals surface area contributed by atoms with Crippen LogP contribution in [0.15, 0.2) is 36.5 Å². The molecule has 0 saturated carbocycles. The van der Waals surface area contributed by atoms with Crippen molar-refractivity contribution in [1.82, 2.24) is 9.78 Å². The summed E-state index contributed by atoms with van der Waals surface area (Å²) < 4.78 is 1.85. The molecule has 0 saturated heterocycles. The van der Waals surface area contributed by atoms with Crippen LogP contribution >= 0.6 is 0 Å². The highest BCUT2D eigenvalue weighted by atomic mass is 15.2.